The number of nitrogens with zero attached hydrogens (tertiary/aromatic N) is 1. The van der Waals surface area contributed by atoms with Crippen molar-refractivity contribution < 1.29 is 9.53 Å². The first-order valence-electron chi connectivity index (χ1n) is 8.15. The third kappa shape index (κ3) is 4.90. The molecule has 3 nitrogen and oxygen atoms in total. The van der Waals surface area contributed by atoms with E-state index in [9.17, 15) is 4.79 Å². The first-order valence-corrected chi connectivity index (χ1v) is 8.15. The molecule has 0 aromatic heterocycles. The second-order valence-electron chi connectivity index (χ2n) is 5.78. The lowest BCUT2D eigenvalue weighted by atomic mass is 10.0. The van der Waals surface area contributed by atoms with Crippen LogP contribution in [-0.4, -0.2) is 31.0 Å². The van der Waals surface area contributed by atoms with E-state index in [0.717, 1.165) is 18.4 Å². The monoisotopic (exact) mass is 303 g/mol. The molecule has 0 saturated heterocycles. The van der Waals surface area contributed by atoms with Gasteiger partial charge in [-0.05, 0) is 44.2 Å². The van der Waals surface area contributed by atoms with Crippen molar-refractivity contribution in [3.63, 3.8) is 0 Å². The van der Waals surface area contributed by atoms with E-state index in [1.807, 2.05) is 36.9 Å². The number of carbonyl (C=O) groups excluding carboxylic acids is 1. The average Bonchev–Trinajstić information content (AvgIpc) is 2.51. The Kier molecular flexibility index (Phi) is 7.72. The molecule has 0 aliphatic rings. The van der Waals surface area contributed by atoms with Crippen molar-refractivity contribution in [2.24, 2.45) is 5.92 Å². The molecule has 1 aromatic carbocycles. The molecule has 122 valence electrons. The second kappa shape index (κ2) is 9.29. The first-order chi connectivity index (χ1) is 10.5. The molecule has 0 N–H and O–H groups in total. The fourth-order valence-electron chi connectivity index (χ4n) is 2.41. The van der Waals surface area contributed by atoms with Gasteiger partial charge in [0.05, 0.1) is 12.7 Å². The Balaban J connectivity index is 3.07. The van der Waals surface area contributed by atoms with Gasteiger partial charge in [0.1, 0.15) is 5.75 Å². The molecule has 0 aliphatic carbocycles. The lowest BCUT2D eigenvalue weighted by Crippen LogP contribution is -2.31. The minimum absolute atomic E-state index is 0.0507. The first kappa shape index (κ1) is 18.3. The number of rotatable bonds is 8. The van der Waals surface area contributed by atoms with Crippen LogP contribution in [0, 0.1) is 5.92 Å². The molecular weight excluding hydrogens is 274 g/mol. The molecule has 0 aliphatic heterocycles. The van der Waals surface area contributed by atoms with Crippen LogP contribution in [0.2, 0.25) is 0 Å². The topological polar surface area (TPSA) is 29.5 Å². The largest absolute Gasteiger partial charge is 0.496 e. The van der Waals surface area contributed by atoms with Gasteiger partial charge >= 0.3 is 0 Å². The molecule has 1 rings (SSSR count). The molecule has 1 amide bonds. The SMILES string of the molecule is CCN(CC)C(=O)c1c(C/C=C/CC(C)C)cccc1OC. The molecule has 0 heterocycles. The Hall–Kier alpha value is -1.77. The number of methoxy groups -OCH3 is 1. The number of amides is 1. The maximum absolute atomic E-state index is 12.8. The zero-order valence-corrected chi connectivity index (χ0v) is 14.6. The van der Waals surface area contributed by atoms with Gasteiger partial charge in [0.2, 0.25) is 0 Å². The van der Waals surface area contributed by atoms with Crippen molar-refractivity contribution >= 4 is 5.91 Å². The van der Waals surface area contributed by atoms with Crippen molar-refractivity contribution in [3.05, 3.63) is 41.5 Å². The highest BCUT2D eigenvalue weighted by Crippen LogP contribution is 2.25. The van der Waals surface area contributed by atoms with E-state index in [2.05, 4.69) is 26.0 Å². The van der Waals surface area contributed by atoms with Gasteiger partial charge in [-0.2, -0.15) is 0 Å². The van der Waals surface area contributed by atoms with Gasteiger partial charge in [0.15, 0.2) is 0 Å². The quantitative estimate of drug-likeness (QED) is 0.669. The maximum atomic E-state index is 12.8. The van der Waals surface area contributed by atoms with E-state index in [1.165, 1.54) is 0 Å². The van der Waals surface area contributed by atoms with E-state index in [4.69, 9.17) is 4.74 Å². The van der Waals surface area contributed by atoms with Crippen LogP contribution >= 0.6 is 0 Å². The molecule has 0 saturated carbocycles. The highest BCUT2D eigenvalue weighted by molar-refractivity contribution is 5.98. The van der Waals surface area contributed by atoms with Crippen LogP contribution in [-0.2, 0) is 6.42 Å². The summed E-state index contributed by atoms with van der Waals surface area (Å²) in [6.45, 7) is 9.81. The third-order valence-corrected chi connectivity index (χ3v) is 3.71. The highest BCUT2D eigenvalue weighted by Gasteiger charge is 2.20. The number of ether oxygens (including phenoxy) is 1. The fourth-order valence-corrected chi connectivity index (χ4v) is 2.41. The fraction of sp³-hybridized carbons (Fsp3) is 0.526. The van der Waals surface area contributed by atoms with Crippen molar-refractivity contribution in [2.45, 2.75) is 40.5 Å². The summed E-state index contributed by atoms with van der Waals surface area (Å²) in [4.78, 5) is 14.6. The number of hydrogen-bond acceptors (Lipinski definition) is 2. The predicted molar refractivity (Wildman–Crippen MR) is 92.5 cm³/mol. The lowest BCUT2D eigenvalue weighted by Gasteiger charge is -2.21. The summed E-state index contributed by atoms with van der Waals surface area (Å²) in [5, 5.41) is 0. The van der Waals surface area contributed by atoms with Crippen molar-refractivity contribution in [1.82, 2.24) is 4.90 Å². The van der Waals surface area contributed by atoms with Crippen molar-refractivity contribution in [2.75, 3.05) is 20.2 Å². The second-order valence-corrected chi connectivity index (χ2v) is 5.78. The smallest absolute Gasteiger partial charge is 0.257 e. The molecule has 0 radical (unpaired) electrons. The van der Waals surface area contributed by atoms with Crippen LogP contribution in [0.4, 0.5) is 0 Å². The number of hydrogen-bond donors (Lipinski definition) is 0. The van der Waals surface area contributed by atoms with Gasteiger partial charge in [-0.1, -0.05) is 38.1 Å². The van der Waals surface area contributed by atoms with Crippen LogP contribution < -0.4 is 4.74 Å². The van der Waals surface area contributed by atoms with Gasteiger partial charge in [-0.15, -0.1) is 0 Å². The molecule has 0 spiro atoms. The predicted octanol–water partition coefficient (Wildman–Crippen LogP) is 4.32. The number of benzene rings is 1. The minimum Gasteiger partial charge on any atom is -0.496 e. The molecule has 0 unspecified atom stereocenters. The Morgan fingerprint density at radius 2 is 1.91 bits per heavy atom. The molecule has 22 heavy (non-hydrogen) atoms. The molecule has 0 bridgehead atoms. The lowest BCUT2D eigenvalue weighted by molar-refractivity contribution is 0.0768. The van der Waals surface area contributed by atoms with Gasteiger partial charge in [0.25, 0.3) is 5.91 Å². The van der Waals surface area contributed by atoms with Gasteiger partial charge in [-0.3, -0.25) is 4.79 Å². The summed E-state index contributed by atoms with van der Waals surface area (Å²) >= 11 is 0. The van der Waals surface area contributed by atoms with Crippen LogP contribution in [0.5, 0.6) is 5.75 Å². The van der Waals surface area contributed by atoms with Gasteiger partial charge in [-0.25, -0.2) is 0 Å². The standard InChI is InChI=1S/C19H29NO2/c1-6-20(7-2)19(21)18-16(12-9-8-11-15(3)4)13-10-14-17(18)22-5/h8-10,13-15H,6-7,11-12H2,1-5H3/b9-8+. The van der Waals surface area contributed by atoms with Crippen molar-refractivity contribution in [1.29, 1.82) is 0 Å². The van der Waals surface area contributed by atoms with Crippen molar-refractivity contribution in [3.8, 4) is 5.75 Å². The highest BCUT2D eigenvalue weighted by atomic mass is 16.5. The summed E-state index contributed by atoms with van der Waals surface area (Å²) in [7, 11) is 1.62. The van der Waals surface area contributed by atoms with E-state index >= 15 is 0 Å². The van der Waals surface area contributed by atoms with Crippen LogP contribution in [0.25, 0.3) is 0 Å². The Labute approximate surface area is 135 Å². The summed E-state index contributed by atoms with van der Waals surface area (Å²) in [6.07, 6.45) is 6.15. The van der Waals surface area contributed by atoms with Gasteiger partial charge in [0, 0.05) is 13.1 Å². The van der Waals surface area contributed by atoms with Crippen LogP contribution in [0.1, 0.15) is 50.0 Å². The summed E-state index contributed by atoms with van der Waals surface area (Å²) < 4.78 is 5.42. The van der Waals surface area contributed by atoms with Crippen LogP contribution in [0.3, 0.4) is 0 Å². The van der Waals surface area contributed by atoms with Gasteiger partial charge < -0.3 is 9.64 Å². The minimum atomic E-state index is 0.0507. The zero-order chi connectivity index (χ0) is 16.5. The van der Waals surface area contributed by atoms with E-state index in [0.29, 0.717) is 30.3 Å². The van der Waals surface area contributed by atoms with Crippen LogP contribution in [0.15, 0.2) is 30.4 Å². The normalized spacial score (nSPS) is 11.2. The summed E-state index contributed by atoms with van der Waals surface area (Å²) in [6, 6.07) is 5.82. The maximum Gasteiger partial charge on any atom is 0.257 e. The van der Waals surface area contributed by atoms with E-state index in [-0.39, 0.29) is 5.91 Å². The Morgan fingerprint density at radius 3 is 2.45 bits per heavy atom. The average molecular weight is 303 g/mol. The molecular formula is C19H29NO2. The molecule has 1 aromatic rings. The van der Waals surface area contributed by atoms with E-state index in [1.54, 1.807) is 7.11 Å². The molecule has 3 heteroatoms. The molecule has 0 atom stereocenters. The number of carbonyl (C=O) groups is 1. The Morgan fingerprint density at radius 1 is 1.23 bits per heavy atom. The molecule has 0 fully saturated rings. The third-order valence-electron chi connectivity index (χ3n) is 3.71. The zero-order valence-electron chi connectivity index (χ0n) is 14.6. The number of allylic oxidation sites excluding steroid dienone is 2. The summed E-state index contributed by atoms with van der Waals surface area (Å²) in [5.74, 6) is 1.36. The summed E-state index contributed by atoms with van der Waals surface area (Å²) in [5.41, 5.74) is 1.72. The van der Waals surface area contributed by atoms with E-state index < -0.39 is 0 Å². The Bertz CT molecular complexity index is 502.